The number of thiocarbonyl (C=S) groups is 1. The number of hydrogen-bond donors (Lipinski definition) is 1. The summed E-state index contributed by atoms with van der Waals surface area (Å²) in [6, 6.07) is 0.442. The summed E-state index contributed by atoms with van der Waals surface area (Å²) in [5, 5.41) is 0. The summed E-state index contributed by atoms with van der Waals surface area (Å²) in [4.78, 5) is 2.99. The van der Waals surface area contributed by atoms with E-state index in [1.807, 2.05) is 0 Å². The zero-order valence-electron chi connectivity index (χ0n) is 11.2. The fraction of sp³-hybridized carbons (Fsp3) is 0.917. The van der Waals surface area contributed by atoms with Crippen LogP contribution < -0.4 is 5.73 Å². The molecule has 0 saturated heterocycles. The van der Waals surface area contributed by atoms with E-state index in [9.17, 15) is 0 Å². The highest BCUT2D eigenvalue weighted by Gasteiger charge is 2.23. The highest BCUT2D eigenvalue weighted by atomic mass is 32.1. The average Bonchev–Trinajstić information content (AvgIpc) is 2.18. The Labute approximate surface area is 105 Å². The number of hydrogen-bond acceptors (Lipinski definition) is 3. The molecule has 0 bridgehead atoms. The molecule has 1 atom stereocenters. The lowest BCUT2D eigenvalue weighted by Crippen LogP contribution is -2.40. The van der Waals surface area contributed by atoms with Crippen molar-refractivity contribution in [2.24, 2.45) is 11.1 Å². The number of rotatable bonds is 8. The minimum atomic E-state index is -0.0600. The third kappa shape index (κ3) is 5.23. The lowest BCUT2D eigenvalue weighted by atomic mass is 9.89. The van der Waals surface area contributed by atoms with E-state index in [2.05, 4.69) is 32.6 Å². The molecule has 4 heteroatoms. The monoisotopic (exact) mass is 246 g/mol. The van der Waals surface area contributed by atoms with Gasteiger partial charge in [-0.15, -0.1) is 0 Å². The minimum Gasteiger partial charge on any atom is -0.393 e. The zero-order chi connectivity index (χ0) is 12.8. The standard InChI is InChI=1S/C12H26N2OS/c1-6-14(10(2)9-15-5)8-7-12(3,4)11(13)16/h10H,6-9H2,1-5H3,(H2,13,16). The minimum absolute atomic E-state index is 0.0600. The Kier molecular flexibility index (Phi) is 7.11. The molecule has 0 heterocycles. The van der Waals surface area contributed by atoms with Gasteiger partial charge >= 0.3 is 0 Å². The second-order valence-electron chi connectivity index (χ2n) is 4.93. The first-order valence-electron chi connectivity index (χ1n) is 5.88. The molecule has 0 aliphatic rings. The van der Waals surface area contributed by atoms with Gasteiger partial charge in [-0.05, 0) is 26.4 Å². The molecule has 0 aliphatic carbocycles. The van der Waals surface area contributed by atoms with Crippen molar-refractivity contribution in [2.45, 2.75) is 40.2 Å². The van der Waals surface area contributed by atoms with Crippen molar-refractivity contribution in [3.8, 4) is 0 Å². The molecule has 1 unspecified atom stereocenters. The molecule has 16 heavy (non-hydrogen) atoms. The summed E-state index contributed by atoms with van der Waals surface area (Å²) in [5.41, 5.74) is 5.66. The third-order valence-corrected chi connectivity index (χ3v) is 3.68. The van der Waals surface area contributed by atoms with Crippen LogP contribution in [0.3, 0.4) is 0 Å². The van der Waals surface area contributed by atoms with Gasteiger partial charge in [0.25, 0.3) is 0 Å². The maximum absolute atomic E-state index is 5.72. The number of methoxy groups -OCH3 is 1. The highest BCUT2D eigenvalue weighted by molar-refractivity contribution is 7.80. The Balaban J connectivity index is 4.19. The van der Waals surface area contributed by atoms with E-state index in [1.54, 1.807) is 7.11 Å². The molecule has 0 saturated carbocycles. The van der Waals surface area contributed by atoms with E-state index in [1.165, 1.54) is 0 Å². The topological polar surface area (TPSA) is 38.5 Å². The molecule has 0 aromatic heterocycles. The summed E-state index contributed by atoms with van der Waals surface area (Å²) in [6.07, 6.45) is 0.990. The summed E-state index contributed by atoms with van der Waals surface area (Å²) in [5.74, 6) is 0. The van der Waals surface area contributed by atoms with E-state index >= 15 is 0 Å². The van der Waals surface area contributed by atoms with E-state index in [-0.39, 0.29) is 5.41 Å². The Morgan fingerprint density at radius 2 is 2.06 bits per heavy atom. The van der Waals surface area contributed by atoms with Crippen LogP contribution in [0, 0.1) is 5.41 Å². The van der Waals surface area contributed by atoms with Gasteiger partial charge in [-0.1, -0.05) is 33.0 Å². The average molecular weight is 246 g/mol. The smallest absolute Gasteiger partial charge is 0.0784 e. The van der Waals surface area contributed by atoms with Gasteiger partial charge in [0.1, 0.15) is 0 Å². The van der Waals surface area contributed by atoms with Crippen molar-refractivity contribution in [2.75, 3.05) is 26.8 Å². The summed E-state index contributed by atoms with van der Waals surface area (Å²) in [6.45, 7) is 11.3. The van der Waals surface area contributed by atoms with Crippen LogP contribution in [-0.4, -0.2) is 42.7 Å². The van der Waals surface area contributed by atoms with E-state index in [0.29, 0.717) is 11.0 Å². The molecule has 0 aliphatic heterocycles. The van der Waals surface area contributed by atoms with Crippen LogP contribution in [0.25, 0.3) is 0 Å². The SMILES string of the molecule is CCN(CCC(C)(C)C(N)=S)C(C)COC. The molecule has 3 nitrogen and oxygen atoms in total. The van der Waals surface area contributed by atoms with Gasteiger partial charge in [0.05, 0.1) is 11.6 Å². The molecule has 0 spiro atoms. The first-order valence-corrected chi connectivity index (χ1v) is 6.28. The maximum Gasteiger partial charge on any atom is 0.0784 e. The molecule has 0 rings (SSSR count). The Hall–Kier alpha value is -0.190. The summed E-state index contributed by atoms with van der Waals surface area (Å²) < 4.78 is 5.17. The largest absolute Gasteiger partial charge is 0.393 e. The Morgan fingerprint density at radius 3 is 2.44 bits per heavy atom. The molecule has 0 aromatic rings. The molecule has 96 valence electrons. The lowest BCUT2D eigenvalue weighted by molar-refractivity contribution is 0.0975. The van der Waals surface area contributed by atoms with Gasteiger partial charge in [-0.3, -0.25) is 4.90 Å². The number of ether oxygens (including phenoxy) is 1. The van der Waals surface area contributed by atoms with Gasteiger partial charge < -0.3 is 10.5 Å². The van der Waals surface area contributed by atoms with E-state index in [4.69, 9.17) is 22.7 Å². The number of nitrogens with zero attached hydrogens (tertiary/aromatic N) is 1. The number of likely N-dealkylation sites (N-methyl/N-ethyl adjacent to an activating group) is 1. The second kappa shape index (κ2) is 7.20. The molecular formula is C12H26N2OS. The van der Waals surface area contributed by atoms with Crippen molar-refractivity contribution < 1.29 is 4.74 Å². The van der Waals surface area contributed by atoms with E-state index in [0.717, 1.165) is 26.1 Å². The third-order valence-electron chi connectivity index (χ3n) is 3.13. The zero-order valence-corrected chi connectivity index (χ0v) is 12.1. The quantitative estimate of drug-likeness (QED) is 0.665. The van der Waals surface area contributed by atoms with Crippen molar-refractivity contribution in [3.63, 3.8) is 0 Å². The highest BCUT2D eigenvalue weighted by Crippen LogP contribution is 2.21. The normalized spacial score (nSPS) is 14.1. The van der Waals surface area contributed by atoms with Crippen molar-refractivity contribution >= 4 is 17.2 Å². The predicted octanol–water partition coefficient (Wildman–Crippen LogP) is 2.05. The van der Waals surface area contributed by atoms with Gasteiger partial charge in [0, 0.05) is 18.6 Å². The van der Waals surface area contributed by atoms with Crippen molar-refractivity contribution in [1.82, 2.24) is 4.90 Å². The van der Waals surface area contributed by atoms with Gasteiger partial charge in [0.15, 0.2) is 0 Å². The van der Waals surface area contributed by atoms with Gasteiger partial charge in [-0.2, -0.15) is 0 Å². The van der Waals surface area contributed by atoms with Crippen LogP contribution in [0.2, 0.25) is 0 Å². The molecule has 0 amide bonds. The molecule has 0 radical (unpaired) electrons. The van der Waals surface area contributed by atoms with Crippen LogP contribution in [0.15, 0.2) is 0 Å². The van der Waals surface area contributed by atoms with Crippen molar-refractivity contribution in [3.05, 3.63) is 0 Å². The predicted molar refractivity (Wildman–Crippen MR) is 73.8 cm³/mol. The number of nitrogens with two attached hydrogens (primary N) is 1. The van der Waals surface area contributed by atoms with Crippen LogP contribution >= 0.6 is 12.2 Å². The van der Waals surface area contributed by atoms with E-state index < -0.39 is 0 Å². The second-order valence-corrected chi connectivity index (χ2v) is 5.37. The molecular weight excluding hydrogens is 220 g/mol. The first kappa shape index (κ1) is 15.8. The van der Waals surface area contributed by atoms with Crippen LogP contribution in [0.5, 0.6) is 0 Å². The fourth-order valence-corrected chi connectivity index (χ4v) is 1.69. The van der Waals surface area contributed by atoms with Crippen molar-refractivity contribution in [1.29, 1.82) is 0 Å². The van der Waals surface area contributed by atoms with Crippen LogP contribution in [-0.2, 0) is 4.74 Å². The molecule has 0 fully saturated rings. The lowest BCUT2D eigenvalue weighted by Gasteiger charge is -2.31. The summed E-state index contributed by atoms with van der Waals surface area (Å²) >= 11 is 5.07. The molecule has 2 N–H and O–H groups in total. The summed E-state index contributed by atoms with van der Waals surface area (Å²) in [7, 11) is 1.74. The first-order chi connectivity index (χ1) is 7.35. The van der Waals surface area contributed by atoms with Crippen LogP contribution in [0.4, 0.5) is 0 Å². The molecule has 0 aromatic carbocycles. The maximum atomic E-state index is 5.72. The Bertz CT molecular complexity index is 219. The van der Waals surface area contributed by atoms with Gasteiger partial charge in [-0.25, -0.2) is 0 Å². The van der Waals surface area contributed by atoms with Crippen LogP contribution in [0.1, 0.15) is 34.1 Å². The van der Waals surface area contributed by atoms with Gasteiger partial charge in [0.2, 0.25) is 0 Å². The fourth-order valence-electron chi connectivity index (χ4n) is 1.58. The Morgan fingerprint density at radius 1 is 1.50 bits per heavy atom.